The van der Waals surface area contributed by atoms with E-state index < -0.39 is 71.4 Å². The van der Waals surface area contributed by atoms with Crippen LogP contribution in [0.1, 0.15) is 72.4 Å². The van der Waals surface area contributed by atoms with E-state index in [2.05, 4.69) is 0 Å². The van der Waals surface area contributed by atoms with Crippen molar-refractivity contribution in [1.82, 2.24) is 4.90 Å². The maximum absolute atomic E-state index is 13.9. The molecule has 1 aliphatic heterocycles. The first-order valence-corrected chi connectivity index (χ1v) is 14.5. The van der Waals surface area contributed by atoms with Gasteiger partial charge in [0.1, 0.15) is 12.4 Å². The van der Waals surface area contributed by atoms with Crippen LogP contribution in [0, 0.1) is 11.7 Å². The van der Waals surface area contributed by atoms with Crippen molar-refractivity contribution in [1.29, 1.82) is 0 Å². The number of carbonyl (C=O) groups is 2. The molecule has 0 radical (unpaired) electrons. The van der Waals surface area contributed by atoms with Crippen molar-refractivity contribution in [2.45, 2.75) is 75.7 Å². The van der Waals surface area contributed by atoms with E-state index in [0.717, 1.165) is 10.5 Å². The molecule has 0 unspecified atom stereocenters. The average molecular weight is 638 g/mol. The Hall–Kier alpha value is -3.93. The SMILES string of the molecule is C[C@@H](O[C@H]1CC[C@@H]([C@@H]2CCC(=O)N2C(=O)OCc2ccccc2)[C@@H]1c1ccc(F)cc1)c1cc(C(F)(F)F)cc(C(F)(F)F)c1. The van der Waals surface area contributed by atoms with Crippen LogP contribution in [0.25, 0.3) is 0 Å². The van der Waals surface area contributed by atoms with Gasteiger partial charge in [0, 0.05) is 18.4 Å². The predicted octanol–water partition coefficient (Wildman–Crippen LogP) is 8.83. The molecule has 5 nitrogen and oxygen atoms in total. The molecule has 3 aromatic rings. The Bertz CT molecular complexity index is 1480. The quantitative estimate of drug-likeness (QED) is 0.243. The maximum Gasteiger partial charge on any atom is 0.417 e. The van der Waals surface area contributed by atoms with E-state index in [1.165, 1.54) is 31.2 Å². The van der Waals surface area contributed by atoms with Crippen LogP contribution >= 0.6 is 0 Å². The Kier molecular flexibility index (Phi) is 9.25. The van der Waals surface area contributed by atoms with E-state index in [1.807, 2.05) is 6.07 Å². The van der Waals surface area contributed by atoms with Gasteiger partial charge in [-0.05, 0) is 79.1 Å². The summed E-state index contributed by atoms with van der Waals surface area (Å²) in [5, 5.41) is 0. The minimum Gasteiger partial charge on any atom is -0.444 e. The Morgan fingerprint density at radius 1 is 0.889 bits per heavy atom. The normalized spacial score (nSPS) is 22.9. The lowest BCUT2D eigenvalue weighted by Crippen LogP contribution is -2.44. The number of likely N-dealkylation sites (tertiary alicyclic amines) is 1. The van der Waals surface area contributed by atoms with Gasteiger partial charge in [0.05, 0.1) is 23.3 Å². The van der Waals surface area contributed by atoms with Crippen LogP contribution in [-0.2, 0) is 33.2 Å². The van der Waals surface area contributed by atoms with Gasteiger partial charge in [-0.15, -0.1) is 0 Å². The molecule has 1 saturated carbocycles. The van der Waals surface area contributed by atoms with Gasteiger partial charge in [-0.3, -0.25) is 4.79 Å². The van der Waals surface area contributed by atoms with Gasteiger partial charge in [0.15, 0.2) is 0 Å². The molecule has 45 heavy (non-hydrogen) atoms. The lowest BCUT2D eigenvalue weighted by Gasteiger charge is -2.34. The molecule has 0 N–H and O–H groups in total. The topological polar surface area (TPSA) is 55.8 Å². The summed E-state index contributed by atoms with van der Waals surface area (Å²) in [6.07, 6.45) is -11.6. The highest BCUT2D eigenvalue weighted by Crippen LogP contribution is 2.49. The van der Waals surface area contributed by atoms with Crippen molar-refractivity contribution in [3.63, 3.8) is 0 Å². The molecule has 12 heteroatoms. The summed E-state index contributed by atoms with van der Waals surface area (Å²) in [7, 11) is 0. The monoisotopic (exact) mass is 637 g/mol. The smallest absolute Gasteiger partial charge is 0.417 e. The standard InChI is InChI=1S/C33H30F7NO4/c1-19(22-15-23(32(35,36)37)17-24(16-22)33(38,39)40)45-28-13-11-26(30(28)21-7-9-25(34)10-8-21)27-12-14-29(42)41(27)31(43)44-18-20-5-3-2-4-6-20/h2-10,15-17,19,26-28,30H,11-14,18H2,1H3/t19-,26+,27+,28+,30+/m1/s1. The summed E-state index contributed by atoms with van der Waals surface area (Å²) < 4.78 is 107. The van der Waals surface area contributed by atoms with Crippen molar-refractivity contribution in [2.75, 3.05) is 0 Å². The molecular weight excluding hydrogens is 607 g/mol. The second-order valence-corrected chi connectivity index (χ2v) is 11.4. The van der Waals surface area contributed by atoms with Crippen LogP contribution in [0.2, 0.25) is 0 Å². The fraction of sp³-hybridized carbons (Fsp3) is 0.394. The highest BCUT2D eigenvalue weighted by Gasteiger charge is 2.49. The summed E-state index contributed by atoms with van der Waals surface area (Å²) in [6.45, 7) is 1.32. The Balaban J connectivity index is 1.42. The van der Waals surface area contributed by atoms with E-state index in [4.69, 9.17) is 9.47 Å². The molecule has 1 heterocycles. The third kappa shape index (κ3) is 7.32. The fourth-order valence-electron chi connectivity index (χ4n) is 6.41. The van der Waals surface area contributed by atoms with Crippen LogP contribution in [0.5, 0.6) is 0 Å². The molecule has 1 saturated heterocycles. The van der Waals surface area contributed by atoms with Gasteiger partial charge in [-0.2, -0.15) is 26.3 Å². The number of nitrogens with zero attached hydrogens (tertiary/aromatic N) is 1. The Morgan fingerprint density at radius 3 is 2.11 bits per heavy atom. The van der Waals surface area contributed by atoms with E-state index in [0.29, 0.717) is 37.0 Å². The van der Waals surface area contributed by atoms with Crippen molar-refractivity contribution >= 4 is 12.0 Å². The number of amides is 2. The molecule has 5 rings (SSSR count). The van der Waals surface area contributed by atoms with Gasteiger partial charge in [-0.1, -0.05) is 42.5 Å². The van der Waals surface area contributed by atoms with Crippen molar-refractivity contribution in [3.8, 4) is 0 Å². The van der Waals surface area contributed by atoms with Gasteiger partial charge in [-0.25, -0.2) is 14.1 Å². The molecular formula is C33H30F7NO4. The average Bonchev–Trinajstić information content (AvgIpc) is 3.58. The largest absolute Gasteiger partial charge is 0.444 e. The number of ether oxygens (including phenoxy) is 2. The number of halogens is 7. The molecule has 0 bridgehead atoms. The van der Waals surface area contributed by atoms with Crippen molar-refractivity contribution in [2.24, 2.45) is 5.92 Å². The first-order chi connectivity index (χ1) is 21.2. The van der Waals surface area contributed by atoms with E-state index in [1.54, 1.807) is 24.3 Å². The third-order valence-electron chi connectivity index (χ3n) is 8.51. The summed E-state index contributed by atoms with van der Waals surface area (Å²) in [4.78, 5) is 27.2. The van der Waals surface area contributed by atoms with Gasteiger partial charge in [0.25, 0.3) is 0 Å². The number of rotatable bonds is 7. The first-order valence-electron chi connectivity index (χ1n) is 14.5. The fourth-order valence-corrected chi connectivity index (χ4v) is 6.41. The second-order valence-electron chi connectivity index (χ2n) is 11.4. The molecule has 0 spiro atoms. The van der Waals surface area contributed by atoms with Crippen LogP contribution in [0.3, 0.4) is 0 Å². The van der Waals surface area contributed by atoms with E-state index >= 15 is 0 Å². The number of hydrogen-bond acceptors (Lipinski definition) is 4. The molecule has 2 amide bonds. The van der Waals surface area contributed by atoms with Crippen LogP contribution < -0.4 is 0 Å². The molecule has 1 aliphatic carbocycles. The summed E-state index contributed by atoms with van der Waals surface area (Å²) >= 11 is 0. The number of benzene rings is 3. The third-order valence-corrected chi connectivity index (χ3v) is 8.51. The summed E-state index contributed by atoms with van der Waals surface area (Å²) in [6, 6.07) is 15.2. The number of imide groups is 1. The van der Waals surface area contributed by atoms with Gasteiger partial charge >= 0.3 is 18.4 Å². The number of hydrogen-bond donors (Lipinski definition) is 0. The molecule has 240 valence electrons. The minimum atomic E-state index is -5.02. The second kappa shape index (κ2) is 12.8. The molecule has 5 atom stereocenters. The van der Waals surface area contributed by atoms with Crippen LogP contribution in [0.15, 0.2) is 72.8 Å². The zero-order chi connectivity index (χ0) is 32.5. The van der Waals surface area contributed by atoms with Gasteiger partial charge in [0.2, 0.25) is 5.91 Å². The highest BCUT2D eigenvalue weighted by molar-refractivity contribution is 5.94. The zero-order valence-corrected chi connectivity index (χ0v) is 24.1. The highest BCUT2D eigenvalue weighted by atomic mass is 19.4. The van der Waals surface area contributed by atoms with Gasteiger partial charge < -0.3 is 9.47 Å². The summed E-state index contributed by atoms with van der Waals surface area (Å²) in [5.74, 6) is -1.88. The molecule has 2 fully saturated rings. The van der Waals surface area contributed by atoms with E-state index in [9.17, 15) is 40.3 Å². The molecule has 3 aromatic carbocycles. The Morgan fingerprint density at radius 2 is 1.51 bits per heavy atom. The number of carbonyl (C=O) groups excluding carboxylic acids is 2. The van der Waals surface area contributed by atoms with Crippen molar-refractivity contribution in [3.05, 3.63) is 106 Å². The molecule has 2 aliphatic rings. The first kappa shape index (κ1) is 32.5. The lowest BCUT2D eigenvalue weighted by atomic mass is 9.82. The predicted molar refractivity (Wildman–Crippen MR) is 148 cm³/mol. The van der Waals surface area contributed by atoms with Crippen molar-refractivity contribution < 1.29 is 49.8 Å². The number of alkyl halides is 6. The molecule has 0 aromatic heterocycles. The maximum atomic E-state index is 13.9. The minimum absolute atomic E-state index is 0.0532. The Labute approximate surface area is 254 Å². The van der Waals surface area contributed by atoms with Crippen LogP contribution in [-0.4, -0.2) is 29.0 Å². The van der Waals surface area contributed by atoms with E-state index in [-0.39, 0.29) is 24.7 Å². The van der Waals surface area contributed by atoms with Crippen LogP contribution in [0.4, 0.5) is 35.5 Å². The summed E-state index contributed by atoms with van der Waals surface area (Å²) in [5.41, 5.74) is -1.87. The lowest BCUT2D eigenvalue weighted by molar-refractivity contribution is -0.143. The zero-order valence-electron chi connectivity index (χ0n) is 24.1.